The molecule has 1 unspecified atom stereocenters. The molecule has 1 heteroatoms. The molecule has 1 aromatic carbocycles. The van der Waals surface area contributed by atoms with E-state index in [9.17, 15) is 0 Å². The third-order valence-electron chi connectivity index (χ3n) is 4.03. The molecule has 0 aromatic heterocycles. The van der Waals surface area contributed by atoms with Crippen molar-refractivity contribution in [3.63, 3.8) is 0 Å². The van der Waals surface area contributed by atoms with Crippen LogP contribution in [0.15, 0.2) is 24.3 Å². The van der Waals surface area contributed by atoms with E-state index >= 15 is 0 Å². The van der Waals surface area contributed by atoms with E-state index in [1.165, 1.54) is 24.0 Å². The second kappa shape index (κ2) is 3.08. The van der Waals surface area contributed by atoms with Gasteiger partial charge in [-0.05, 0) is 36.7 Å². The third kappa shape index (κ3) is 1.59. The molecule has 1 saturated heterocycles. The summed E-state index contributed by atoms with van der Waals surface area (Å²) in [7, 11) is 0. The Kier molecular flexibility index (Phi) is 1.93. The van der Waals surface area contributed by atoms with Gasteiger partial charge in [0.25, 0.3) is 0 Å². The van der Waals surface area contributed by atoms with E-state index in [0.29, 0.717) is 11.5 Å². The monoisotopic (exact) mass is 202 g/mol. The molecule has 2 fully saturated rings. The van der Waals surface area contributed by atoms with E-state index in [1.54, 1.807) is 0 Å². The van der Waals surface area contributed by atoms with Crippen LogP contribution in [-0.4, -0.2) is 12.7 Å². The number of hydrogen-bond donors (Lipinski definition) is 0. The lowest BCUT2D eigenvalue weighted by molar-refractivity contribution is 0.125. The van der Waals surface area contributed by atoms with E-state index in [-0.39, 0.29) is 0 Å². The molecular weight excluding hydrogens is 184 g/mol. The maximum atomic E-state index is 5.37. The molecule has 1 aromatic rings. The van der Waals surface area contributed by atoms with Gasteiger partial charge in [-0.1, -0.05) is 36.8 Å². The Hall–Kier alpha value is -0.820. The van der Waals surface area contributed by atoms with Crippen LogP contribution in [0.3, 0.4) is 0 Å². The fourth-order valence-electron chi connectivity index (χ4n) is 2.94. The predicted octanol–water partition coefficient (Wildman–Crippen LogP) is 3.06. The smallest absolute Gasteiger partial charge is 0.0838 e. The molecule has 1 saturated carbocycles. The lowest BCUT2D eigenvalue weighted by Gasteiger charge is -2.45. The van der Waals surface area contributed by atoms with Crippen molar-refractivity contribution in [2.75, 3.05) is 6.61 Å². The molecule has 1 aliphatic heterocycles. The molecule has 1 atom stereocenters. The summed E-state index contributed by atoms with van der Waals surface area (Å²) in [6, 6.07) is 8.96. The zero-order valence-electron chi connectivity index (χ0n) is 9.49. The van der Waals surface area contributed by atoms with Crippen LogP contribution >= 0.6 is 0 Å². The molecule has 2 aliphatic rings. The van der Waals surface area contributed by atoms with Gasteiger partial charge in [0, 0.05) is 0 Å². The van der Waals surface area contributed by atoms with Gasteiger partial charge in [0.05, 0.1) is 12.7 Å². The van der Waals surface area contributed by atoms with Crippen LogP contribution in [0.4, 0.5) is 0 Å². The van der Waals surface area contributed by atoms with Crippen LogP contribution in [0.25, 0.3) is 0 Å². The summed E-state index contributed by atoms with van der Waals surface area (Å²) >= 11 is 0. The minimum Gasteiger partial charge on any atom is -0.373 e. The van der Waals surface area contributed by atoms with Gasteiger partial charge in [-0.3, -0.25) is 0 Å². The van der Waals surface area contributed by atoms with Gasteiger partial charge < -0.3 is 4.74 Å². The molecule has 1 aliphatic carbocycles. The van der Waals surface area contributed by atoms with Crippen LogP contribution in [0.1, 0.15) is 30.9 Å². The highest BCUT2D eigenvalue weighted by Gasteiger charge is 2.48. The van der Waals surface area contributed by atoms with Gasteiger partial charge in [-0.15, -0.1) is 0 Å². The summed E-state index contributed by atoms with van der Waals surface area (Å²) in [6.07, 6.45) is 3.21. The number of rotatable bonds is 2. The maximum absolute atomic E-state index is 5.37. The highest BCUT2D eigenvalue weighted by Crippen LogP contribution is 2.51. The first-order chi connectivity index (χ1) is 7.17. The molecule has 0 spiro atoms. The molecule has 0 N–H and O–H groups in total. The fraction of sp³-hybridized carbons (Fsp3) is 0.571. The summed E-state index contributed by atoms with van der Waals surface area (Å²) in [6.45, 7) is 5.57. The average Bonchev–Trinajstić information content (AvgIpc) is 2.96. The second-order valence-corrected chi connectivity index (χ2v) is 5.47. The fourth-order valence-corrected chi connectivity index (χ4v) is 2.94. The molecule has 1 heterocycles. The minimum atomic E-state index is 0.419. The zero-order valence-corrected chi connectivity index (χ0v) is 9.49. The maximum Gasteiger partial charge on any atom is 0.0838 e. The number of aryl methyl sites for hydroxylation is 1. The van der Waals surface area contributed by atoms with Gasteiger partial charge in [0.15, 0.2) is 0 Å². The first-order valence-corrected chi connectivity index (χ1v) is 5.86. The Morgan fingerprint density at radius 3 is 2.67 bits per heavy atom. The van der Waals surface area contributed by atoms with Crippen LogP contribution < -0.4 is 0 Å². The van der Waals surface area contributed by atoms with Crippen molar-refractivity contribution in [1.29, 1.82) is 0 Å². The number of hydrogen-bond acceptors (Lipinski definition) is 1. The molecule has 0 amide bonds. The Balaban J connectivity index is 1.77. The topological polar surface area (TPSA) is 12.5 Å². The average molecular weight is 202 g/mol. The molecule has 3 rings (SSSR count). The van der Waals surface area contributed by atoms with E-state index in [1.807, 2.05) is 0 Å². The summed E-state index contributed by atoms with van der Waals surface area (Å²) in [4.78, 5) is 0. The first kappa shape index (κ1) is 9.41. The van der Waals surface area contributed by atoms with Crippen molar-refractivity contribution in [2.45, 2.75) is 38.2 Å². The Morgan fingerprint density at radius 2 is 2.07 bits per heavy atom. The van der Waals surface area contributed by atoms with Crippen LogP contribution in [0, 0.1) is 12.8 Å². The van der Waals surface area contributed by atoms with Gasteiger partial charge >= 0.3 is 0 Å². The van der Waals surface area contributed by atoms with Gasteiger partial charge in [0.2, 0.25) is 0 Å². The number of benzene rings is 1. The van der Waals surface area contributed by atoms with Crippen molar-refractivity contribution >= 4 is 0 Å². The highest BCUT2D eigenvalue weighted by molar-refractivity contribution is 5.31. The summed E-state index contributed by atoms with van der Waals surface area (Å²) in [5.41, 5.74) is 3.31. The quantitative estimate of drug-likeness (QED) is 0.671. The van der Waals surface area contributed by atoms with Gasteiger partial charge in [0.1, 0.15) is 0 Å². The van der Waals surface area contributed by atoms with Gasteiger partial charge in [-0.25, -0.2) is 0 Å². The molecule has 1 nitrogen and oxygen atoms in total. The van der Waals surface area contributed by atoms with E-state index < -0.39 is 0 Å². The molecular formula is C14H18O. The first-order valence-electron chi connectivity index (χ1n) is 5.86. The van der Waals surface area contributed by atoms with Crippen molar-refractivity contribution < 1.29 is 4.74 Å². The van der Waals surface area contributed by atoms with E-state index in [4.69, 9.17) is 4.74 Å². The van der Waals surface area contributed by atoms with E-state index in [0.717, 1.165) is 12.5 Å². The summed E-state index contributed by atoms with van der Waals surface area (Å²) in [5.74, 6) is 0.829. The molecule has 0 bridgehead atoms. The zero-order chi connectivity index (χ0) is 10.5. The number of ether oxygens (including phenoxy) is 1. The Labute approximate surface area is 91.5 Å². The standard InChI is InChI=1S/C14H18O/c1-10-4-3-5-12(6-10)14(2)7-11(8-14)13-9-15-13/h3-6,11,13H,7-9H2,1-2H3. The van der Waals surface area contributed by atoms with Crippen molar-refractivity contribution in [1.82, 2.24) is 0 Å². The van der Waals surface area contributed by atoms with Crippen molar-refractivity contribution in [3.05, 3.63) is 35.4 Å². The Morgan fingerprint density at radius 1 is 1.33 bits per heavy atom. The molecule has 15 heavy (non-hydrogen) atoms. The summed E-state index contributed by atoms with van der Waals surface area (Å²) < 4.78 is 5.37. The lowest BCUT2D eigenvalue weighted by Crippen LogP contribution is -2.41. The SMILES string of the molecule is Cc1cccc(C2(C)CC(C3CO3)C2)c1. The normalized spacial score (nSPS) is 38.5. The van der Waals surface area contributed by atoms with Crippen LogP contribution in [0.2, 0.25) is 0 Å². The van der Waals surface area contributed by atoms with Crippen molar-refractivity contribution in [2.24, 2.45) is 5.92 Å². The molecule has 0 radical (unpaired) electrons. The van der Waals surface area contributed by atoms with Crippen LogP contribution in [0.5, 0.6) is 0 Å². The highest BCUT2D eigenvalue weighted by atomic mass is 16.6. The predicted molar refractivity (Wildman–Crippen MR) is 61.0 cm³/mol. The largest absolute Gasteiger partial charge is 0.373 e. The Bertz CT molecular complexity index is 373. The second-order valence-electron chi connectivity index (χ2n) is 5.47. The minimum absolute atomic E-state index is 0.419. The third-order valence-corrected chi connectivity index (χ3v) is 4.03. The van der Waals surface area contributed by atoms with Crippen LogP contribution in [-0.2, 0) is 10.2 Å². The molecule has 80 valence electrons. The lowest BCUT2D eigenvalue weighted by atomic mass is 9.59. The van der Waals surface area contributed by atoms with Crippen molar-refractivity contribution in [3.8, 4) is 0 Å². The van der Waals surface area contributed by atoms with Gasteiger partial charge in [-0.2, -0.15) is 0 Å². The van der Waals surface area contributed by atoms with E-state index in [2.05, 4.69) is 38.1 Å². The number of epoxide rings is 1. The summed E-state index contributed by atoms with van der Waals surface area (Å²) in [5, 5.41) is 0.